The first-order valence-electron chi connectivity index (χ1n) is 6.99. The molecule has 1 saturated carbocycles. The predicted octanol–water partition coefficient (Wildman–Crippen LogP) is 3.08. The molecule has 1 aliphatic carbocycles. The van der Waals surface area contributed by atoms with Gasteiger partial charge in [-0.05, 0) is 18.4 Å². The maximum Gasteiger partial charge on any atom is 0.184 e. The third kappa shape index (κ3) is 2.09. The van der Waals surface area contributed by atoms with Crippen LogP contribution < -0.4 is 5.48 Å². The molecule has 0 aromatic heterocycles. The van der Waals surface area contributed by atoms with Gasteiger partial charge in [-0.25, -0.2) is 0 Å². The average Bonchev–Trinajstić information content (AvgIpc) is 2.87. The van der Waals surface area contributed by atoms with Crippen LogP contribution in [0.2, 0.25) is 0 Å². The van der Waals surface area contributed by atoms with Crippen LogP contribution in [-0.2, 0) is 9.47 Å². The lowest BCUT2D eigenvalue weighted by Gasteiger charge is -2.40. The molecular weight excluding hydrogens is 242 g/mol. The van der Waals surface area contributed by atoms with Gasteiger partial charge in [-0.15, -0.1) is 0 Å². The van der Waals surface area contributed by atoms with E-state index in [2.05, 4.69) is 11.5 Å². The number of hydrogen-bond donors (Lipinski definition) is 2. The maximum absolute atomic E-state index is 9.72. The fraction of sp³-hybridized carbons (Fsp3) is 0.600. The minimum atomic E-state index is -0.373. The Hall–Kier alpha value is -0.940. The molecule has 0 saturated heterocycles. The second kappa shape index (κ2) is 5.21. The Kier molecular flexibility index (Phi) is 3.58. The van der Waals surface area contributed by atoms with Crippen LogP contribution in [0.3, 0.4) is 0 Å². The van der Waals surface area contributed by atoms with E-state index in [1.54, 1.807) is 7.11 Å². The molecule has 0 radical (unpaired) electrons. The summed E-state index contributed by atoms with van der Waals surface area (Å²) in [4.78, 5) is 0. The summed E-state index contributed by atoms with van der Waals surface area (Å²) >= 11 is 0. The summed E-state index contributed by atoms with van der Waals surface area (Å²) in [5, 5.41) is 9.72. The molecule has 0 bridgehead atoms. The van der Waals surface area contributed by atoms with Crippen molar-refractivity contribution in [2.24, 2.45) is 0 Å². The Morgan fingerprint density at radius 2 is 1.89 bits per heavy atom. The van der Waals surface area contributed by atoms with E-state index in [1.807, 2.05) is 18.2 Å². The lowest BCUT2D eigenvalue weighted by atomic mass is 9.76. The summed E-state index contributed by atoms with van der Waals surface area (Å²) in [6.07, 6.45) is 4.86. The quantitative estimate of drug-likeness (QED) is 0.823. The molecule has 2 atom stereocenters. The van der Waals surface area contributed by atoms with Gasteiger partial charge in [-0.1, -0.05) is 43.5 Å². The van der Waals surface area contributed by atoms with Crippen molar-refractivity contribution in [1.82, 2.24) is 5.48 Å². The molecule has 0 spiro atoms. The van der Waals surface area contributed by atoms with Gasteiger partial charge in [0.2, 0.25) is 0 Å². The summed E-state index contributed by atoms with van der Waals surface area (Å²) in [7, 11) is 1.66. The average molecular weight is 263 g/mol. The van der Waals surface area contributed by atoms with E-state index in [0.29, 0.717) is 0 Å². The van der Waals surface area contributed by atoms with Crippen molar-refractivity contribution in [2.75, 3.05) is 7.11 Å². The molecule has 19 heavy (non-hydrogen) atoms. The Morgan fingerprint density at radius 1 is 1.21 bits per heavy atom. The van der Waals surface area contributed by atoms with Crippen LogP contribution >= 0.6 is 0 Å². The monoisotopic (exact) mass is 263 g/mol. The lowest BCUT2D eigenvalue weighted by Crippen LogP contribution is -2.50. The van der Waals surface area contributed by atoms with Gasteiger partial charge in [-0.3, -0.25) is 0 Å². The molecule has 1 aliphatic heterocycles. The fourth-order valence-corrected chi connectivity index (χ4v) is 3.46. The van der Waals surface area contributed by atoms with Crippen molar-refractivity contribution in [3.8, 4) is 0 Å². The van der Waals surface area contributed by atoms with Crippen LogP contribution in [0, 0.1) is 0 Å². The number of fused-ring (bicyclic) bond motifs is 1. The van der Waals surface area contributed by atoms with Crippen LogP contribution in [0.25, 0.3) is 0 Å². The molecule has 2 unspecified atom stereocenters. The number of nitrogens with one attached hydrogen (secondary N) is 1. The molecule has 2 N–H and O–H groups in total. The summed E-state index contributed by atoms with van der Waals surface area (Å²) in [5.41, 5.74) is 4.41. The standard InChI is InChI=1S/C15H21NO3/c1-18-14-12-8-4-3-7-11(12)13(19-14)15(16-17)9-5-2-6-10-15/h3-4,7-8,13-14,16-17H,2,5-6,9-10H2,1H3. The molecule has 3 rings (SSSR count). The molecule has 1 fully saturated rings. The van der Waals surface area contributed by atoms with E-state index >= 15 is 0 Å². The van der Waals surface area contributed by atoms with Gasteiger partial charge in [0.15, 0.2) is 6.29 Å². The zero-order valence-corrected chi connectivity index (χ0v) is 11.3. The van der Waals surface area contributed by atoms with Crippen LogP contribution in [0.5, 0.6) is 0 Å². The molecule has 104 valence electrons. The highest BCUT2D eigenvalue weighted by molar-refractivity contribution is 5.36. The van der Waals surface area contributed by atoms with Crippen molar-refractivity contribution in [3.05, 3.63) is 35.4 Å². The molecule has 4 nitrogen and oxygen atoms in total. The molecule has 1 aromatic carbocycles. The Labute approximate surface area is 113 Å². The summed E-state index contributed by atoms with van der Waals surface area (Å²) < 4.78 is 11.5. The molecule has 2 aliphatic rings. The number of methoxy groups -OCH3 is 1. The van der Waals surface area contributed by atoms with Crippen LogP contribution in [0.15, 0.2) is 24.3 Å². The van der Waals surface area contributed by atoms with Gasteiger partial charge in [0, 0.05) is 12.7 Å². The van der Waals surface area contributed by atoms with Crippen molar-refractivity contribution in [3.63, 3.8) is 0 Å². The number of hydroxylamine groups is 1. The molecule has 4 heteroatoms. The molecule has 1 aromatic rings. The third-order valence-corrected chi connectivity index (χ3v) is 4.48. The molecule has 0 amide bonds. The van der Waals surface area contributed by atoms with Gasteiger partial charge < -0.3 is 14.7 Å². The van der Waals surface area contributed by atoms with Gasteiger partial charge in [0.05, 0.1) is 5.54 Å². The van der Waals surface area contributed by atoms with E-state index in [9.17, 15) is 5.21 Å². The van der Waals surface area contributed by atoms with Crippen LogP contribution in [0.1, 0.15) is 55.6 Å². The first kappa shape index (κ1) is 13.1. The van der Waals surface area contributed by atoms with Crippen molar-refractivity contribution in [2.45, 2.75) is 50.0 Å². The van der Waals surface area contributed by atoms with E-state index in [4.69, 9.17) is 9.47 Å². The molecule has 1 heterocycles. The van der Waals surface area contributed by atoms with Gasteiger partial charge >= 0.3 is 0 Å². The summed E-state index contributed by atoms with van der Waals surface area (Å²) in [5.74, 6) is 0. The first-order chi connectivity index (χ1) is 9.30. The van der Waals surface area contributed by atoms with E-state index < -0.39 is 0 Å². The normalized spacial score (nSPS) is 29.2. The van der Waals surface area contributed by atoms with E-state index in [-0.39, 0.29) is 17.9 Å². The van der Waals surface area contributed by atoms with Gasteiger partial charge in [-0.2, -0.15) is 5.48 Å². The highest BCUT2D eigenvalue weighted by atomic mass is 16.7. The SMILES string of the molecule is COC1OC(C2(NO)CCCCC2)c2ccccc21. The van der Waals surface area contributed by atoms with Gasteiger partial charge in [0.1, 0.15) is 6.10 Å². The fourth-order valence-electron chi connectivity index (χ4n) is 3.46. The third-order valence-electron chi connectivity index (χ3n) is 4.48. The zero-order valence-electron chi connectivity index (χ0n) is 11.3. The Balaban J connectivity index is 1.97. The first-order valence-corrected chi connectivity index (χ1v) is 6.99. The van der Waals surface area contributed by atoms with Crippen molar-refractivity contribution >= 4 is 0 Å². The summed E-state index contributed by atoms with van der Waals surface area (Å²) in [6.45, 7) is 0. The lowest BCUT2D eigenvalue weighted by molar-refractivity contribution is -0.180. The van der Waals surface area contributed by atoms with Crippen molar-refractivity contribution in [1.29, 1.82) is 0 Å². The maximum atomic E-state index is 9.72. The zero-order chi connectivity index (χ0) is 13.3. The van der Waals surface area contributed by atoms with Gasteiger partial charge in [0.25, 0.3) is 0 Å². The number of rotatable bonds is 3. The largest absolute Gasteiger partial charge is 0.352 e. The second-order valence-corrected chi connectivity index (χ2v) is 5.54. The van der Waals surface area contributed by atoms with Crippen LogP contribution in [-0.4, -0.2) is 17.9 Å². The highest BCUT2D eigenvalue weighted by Crippen LogP contribution is 2.49. The summed E-state index contributed by atoms with van der Waals surface area (Å²) in [6, 6.07) is 8.13. The predicted molar refractivity (Wildman–Crippen MR) is 70.8 cm³/mol. The van der Waals surface area contributed by atoms with Crippen LogP contribution in [0.4, 0.5) is 0 Å². The smallest absolute Gasteiger partial charge is 0.184 e. The number of hydrogen-bond acceptors (Lipinski definition) is 4. The van der Waals surface area contributed by atoms with Crippen molar-refractivity contribution < 1.29 is 14.7 Å². The number of ether oxygens (including phenoxy) is 2. The Morgan fingerprint density at radius 3 is 2.53 bits per heavy atom. The molecular formula is C15H21NO3. The topological polar surface area (TPSA) is 50.7 Å². The Bertz CT molecular complexity index is 443. The highest BCUT2D eigenvalue weighted by Gasteiger charge is 2.47. The van der Waals surface area contributed by atoms with E-state index in [1.165, 1.54) is 6.42 Å². The number of benzene rings is 1. The minimum absolute atomic E-state index is 0.140. The van der Waals surface area contributed by atoms with E-state index in [0.717, 1.165) is 36.8 Å². The second-order valence-electron chi connectivity index (χ2n) is 5.54. The minimum Gasteiger partial charge on any atom is -0.352 e.